The Labute approximate surface area is 200 Å². The minimum atomic E-state index is -5.01. The first-order chi connectivity index (χ1) is 16.0. The second kappa shape index (κ2) is 10.3. The summed E-state index contributed by atoms with van der Waals surface area (Å²) in [5, 5.41) is 10.8. The first kappa shape index (κ1) is 25.9. The zero-order chi connectivity index (χ0) is 25.2. The molecule has 0 saturated carbocycles. The van der Waals surface area contributed by atoms with Crippen LogP contribution in [0.5, 0.6) is 17.2 Å². The van der Waals surface area contributed by atoms with Crippen molar-refractivity contribution in [2.24, 2.45) is 0 Å². The molecule has 1 N–H and O–H groups in total. The van der Waals surface area contributed by atoms with E-state index in [1.807, 2.05) is 18.7 Å². The van der Waals surface area contributed by atoms with Crippen molar-refractivity contribution in [2.45, 2.75) is 53.3 Å². The number of rotatable bonds is 8. The summed E-state index contributed by atoms with van der Waals surface area (Å²) in [6.45, 7) is 8.83. The molecule has 0 fully saturated rings. The molecule has 5 nitrogen and oxygen atoms in total. The Morgan fingerprint density at radius 2 is 1.68 bits per heavy atom. The van der Waals surface area contributed by atoms with Crippen LogP contribution in [0.3, 0.4) is 0 Å². The van der Waals surface area contributed by atoms with E-state index >= 15 is 0 Å². The number of fused-ring (bicyclic) bond motifs is 1. The summed E-state index contributed by atoms with van der Waals surface area (Å²) >= 11 is 6.14. The molecule has 0 radical (unpaired) electrons. The molecule has 1 heterocycles. The number of nitrogens with zero attached hydrogens (tertiary/aromatic N) is 1. The van der Waals surface area contributed by atoms with Crippen molar-refractivity contribution in [2.75, 3.05) is 13.1 Å². The lowest BCUT2D eigenvalue weighted by Gasteiger charge is -2.22. The largest absolute Gasteiger partial charge is 0.507 e. The Kier molecular flexibility index (Phi) is 7.83. The number of alkyl halides is 3. The molecule has 0 bridgehead atoms. The molecule has 1 aromatic heterocycles. The van der Waals surface area contributed by atoms with Crippen LogP contribution in [0.15, 0.2) is 33.5 Å². The summed E-state index contributed by atoms with van der Waals surface area (Å²) in [7, 11) is 0. The average molecular weight is 498 g/mol. The smallest absolute Gasteiger partial charge is 0.453 e. The van der Waals surface area contributed by atoms with Crippen molar-refractivity contribution in [3.05, 3.63) is 62.0 Å². The molecule has 0 saturated heterocycles. The van der Waals surface area contributed by atoms with Crippen LogP contribution in [0.1, 0.15) is 49.1 Å². The fourth-order valence-corrected chi connectivity index (χ4v) is 4.04. The summed E-state index contributed by atoms with van der Waals surface area (Å²) in [5.74, 6) is -2.72. The van der Waals surface area contributed by atoms with Gasteiger partial charge in [-0.05, 0) is 75.2 Å². The highest BCUT2D eigenvalue weighted by Gasteiger charge is 2.41. The van der Waals surface area contributed by atoms with E-state index in [0.29, 0.717) is 29.2 Å². The molecule has 0 aliphatic heterocycles. The van der Waals surface area contributed by atoms with Crippen molar-refractivity contribution in [3.63, 3.8) is 0 Å². The van der Waals surface area contributed by atoms with E-state index in [-0.39, 0.29) is 34.6 Å². The molecule has 0 aliphatic rings. The van der Waals surface area contributed by atoms with E-state index in [0.717, 1.165) is 12.8 Å². The number of ether oxygens (including phenoxy) is 1. The minimum absolute atomic E-state index is 0.0348. The minimum Gasteiger partial charge on any atom is -0.507 e. The lowest BCUT2D eigenvalue weighted by molar-refractivity contribution is -0.154. The second-order valence-corrected chi connectivity index (χ2v) is 8.65. The van der Waals surface area contributed by atoms with Crippen LogP contribution >= 0.6 is 11.6 Å². The molecule has 3 rings (SSSR count). The summed E-state index contributed by atoms with van der Waals surface area (Å²) < 4.78 is 52.8. The van der Waals surface area contributed by atoms with Gasteiger partial charge in [-0.15, -0.1) is 0 Å². The van der Waals surface area contributed by atoms with Gasteiger partial charge < -0.3 is 14.3 Å². The van der Waals surface area contributed by atoms with Gasteiger partial charge >= 0.3 is 6.18 Å². The number of aryl methyl sites for hydroxylation is 2. The maximum absolute atomic E-state index is 14.0. The fraction of sp³-hybridized carbons (Fsp3) is 0.400. The number of aromatic hydroxyl groups is 1. The van der Waals surface area contributed by atoms with Gasteiger partial charge in [0.15, 0.2) is 0 Å². The molecule has 0 atom stereocenters. The van der Waals surface area contributed by atoms with Crippen molar-refractivity contribution in [1.82, 2.24) is 4.90 Å². The Balaban J connectivity index is 2.23. The summed E-state index contributed by atoms with van der Waals surface area (Å²) in [6, 6.07) is 5.44. The normalized spacial score (nSPS) is 12.0. The molecule has 0 unspecified atom stereocenters. The predicted octanol–water partition coefficient (Wildman–Crippen LogP) is 7.20. The lowest BCUT2D eigenvalue weighted by Crippen LogP contribution is -2.25. The predicted molar refractivity (Wildman–Crippen MR) is 126 cm³/mol. The summed E-state index contributed by atoms with van der Waals surface area (Å²) in [5.41, 5.74) is 0.0406. The van der Waals surface area contributed by atoms with Gasteiger partial charge in [-0.1, -0.05) is 25.4 Å². The maximum atomic E-state index is 14.0. The molecule has 0 spiro atoms. The zero-order valence-corrected chi connectivity index (χ0v) is 20.2. The number of hydrogen-bond donors (Lipinski definition) is 1. The first-order valence-corrected chi connectivity index (χ1v) is 11.4. The Morgan fingerprint density at radius 1 is 1.09 bits per heavy atom. The van der Waals surface area contributed by atoms with Crippen molar-refractivity contribution in [3.8, 4) is 17.2 Å². The van der Waals surface area contributed by atoms with Gasteiger partial charge in [-0.25, -0.2) is 0 Å². The second-order valence-electron chi connectivity index (χ2n) is 8.28. The first-order valence-electron chi connectivity index (χ1n) is 11.0. The van der Waals surface area contributed by atoms with E-state index in [1.54, 1.807) is 13.8 Å². The van der Waals surface area contributed by atoms with E-state index < -0.39 is 23.1 Å². The van der Waals surface area contributed by atoms with Gasteiger partial charge in [0, 0.05) is 11.6 Å². The molecule has 184 valence electrons. The van der Waals surface area contributed by atoms with Crippen molar-refractivity contribution >= 4 is 22.6 Å². The van der Waals surface area contributed by atoms with E-state index in [9.17, 15) is 23.1 Å². The van der Waals surface area contributed by atoms with Gasteiger partial charge in [0.05, 0.1) is 10.9 Å². The van der Waals surface area contributed by atoms with E-state index in [4.69, 9.17) is 20.8 Å². The molecule has 9 heteroatoms. The monoisotopic (exact) mass is 497 g/mol. The van der Waals surface area contributed by atoms with Crippen LogP contribution in [0, 0.1) is 13.8 Å². The van der Waals surface area contributed by atoms with Gasteiger partial charge in [0.2, 0.25) is 11.2 Å². The third kappa shape index (κ3) is 5.33. The molecule has 0 aliphatic carbocycles. The van der Waals surface area contributed by atoms with E-state index in [1.165, 1.54) is 24.3 Å². The third-order valence-electron chi connectivity index (χ3n) is 5.45. The van der Waals surface area contributed by atoms with Gasteiger partial charge in [-0.2, -0.15) is 13.2 Å². The molecular weight excluding hydrogens is 471 g/mol. The quantitative estimate of drug-likeness (QED) is 0.356. The summed E-state index contributed by atoms with van der Waals surface area (Å²) in [6.07, 6.45) is -3.36. The number of phenolic OH excluding ortho intramolecular Hbond substituents is 1. The molecule has 0 amide bonds. The zero-order valence-electron chi connectivity index (χ0n) is 19.5. The summed E-state index contributed by atoms with van der Waals surface area (Å²) in [4.78, 5) is 15.2. The van der Waals surface area contributed by atoms with Crippen LogP contribution in [0.2, 0.25) is 5.02 Å². The number of hydrogen-bond acceptors (Lipinski definition) is 5. The lowest BCUT2D eigenvalue weighted by atomic mass is 10.1. The van der Waals surface area contributed by atoms with Crippen LogP contribution in [0.4, 0.5) is 13.2 Å². The number of benzene rings is 2. The number of halogens is 4. The highest BCUT2D eigenvalue weighted by Crippen LogP contribution is 2.40. The van der Waals surface area contributed by atoms with Gasteiger partial charge in [-0.3, -0.25) is 9.69 Å². The van der Waals surface area contributed by atoms with Crippen LogP contribution in [-0.2, 0) is 12.7 Å². The Hall–Kier alpha value is -2.71. The SMILES string of the molecule is CCCN(CCC)Cc1c(O)ccc2c(=O)c(Oc3cc(C)c(Cl)c(C)c3)c(C(F)(F)F)oc12. The van der Waals surface area contributed by atoms with E-state index in [2.05, 4.69) is 0 Å². The Morgan fingerprint density at radius 3 is 2.21 bits per heavy atom. The van der Waals surface area contributed by atoms with Crippen LogP contribution in [0.25, 0.3) is 11.0 Å². The molecule has 34 heavy (non-hydrogen) atoms. The standard InChI is InChI=1S/C25H27ClF3NO4/c1-5-9-30(10-6-2)13-18-19(31)8-7-17-21(32)23(24(25(27,28)29)34-22(17)18)33-16-11-14(3)20(26)15(4)12-16/h7-8,11-12,31H,5-6,9-10,13H2,1-4H3. The number of phenols is 1. The third-order valence-corrected chi connectivity index (χ3v) is 6.04. The Bertz CT molecular complexity index is 1220. The highest BCUT2D eigenvalue weighted by atomic mass is 35.5. The van der Waals surface area contributed by atoms with Gasteiger partial charge in [0.1, 0.15) is 17.1 Å². The fourth-order valence-electron chi connectivity index (χ4n) is 3.93. The van der Waals surface area contributed by atoms with Crippen LogP contribution in [-0.4, -0.2) is 23.1 Å². The van der Waals surface area contributed by atoms with Crippen molar-refractivity contribution < 1.29 is 27.4 Å². The maximum Gasteiger partial charge on any atom is 0.453 e. The topological polar surface area (TPSA) is 62.9 Å². The van der Waals surface area contributed by atoms with Crippen molar-refractivity contribution in [1.29, 1.82) is 0 Å². The van der Waals surface area contributed by atoms with Crippen LogP contribution < -0.4 is 10.2 Å². The molecule has 2 aromatic carbocycles. The highest BCUT2D eigenvalue weighted by molar-refractivity contribution is 6.32. The molecule has 3 aromatic rings. The molecular formula is C25H27ClF3NO4. The average Bonchev–Trinajstić information content (AvgIpc) is 2.75. The van der Waals surface area contributed by atoms with Gasteiger partial charge in [0.25, 0.3) is 5.76 Å².